The van der Waals surface area contributed by atoms with Gasteiger partial charge in [0.1, 0.15) is 0 Å². The number of hydrogen-bond donors (Lipinski definition) is 3. The number of H-pyrrole nitrogens is 1. The maximum Gasteiger partial charge on any atom is 0.325 e. The van der Waals surface area contributed by atoms with Crippen LogP contribution in [0.4, 0.5) is 0 Å². The number of rotatable bonds is 5. The summed E-state index contributed by atoms with van der Waals surface area (Å²) in [6.45, 7) is 7.41. The predicted molar refractivity (Wildman–Crippen MR) is 69.8 cm³/mol. The molecule has 1 aromatic rings. The van der Waals surface area contributed by atoms with Crippen molar-refractivity contribution in [3.05, 3.63) is 65.7 Å². The third-order valence-corrected chi connectivity index (χ3v) is 2.19. The fourth-order valence-electron chi connectivity index (χ4n) is 1.27. The summed E-state index contributed by atoms with van der Waals surface area (Å²) >= 11 is 0. The van der Waals surface area contributed by atoms with Gasteiger partial charge in [0.25, 0.3) is 0 Å². The normalized spacial score (nSPS) is 11.7. The van der Waals surface area contributed by atoms with Gasteiger partial charge >= 0.3 is 5.69 Å². The average Bonchev–Trinajstić information content (AvgIpc) is 2.65. The standard InChI is InChI=1S/C12H16N4O/c1-4-5-6-10(7-13)15-9(2)11-8-14-12(17)16(11)3/h4-8,15H,1-2,13H2,3H3,(H,14,17)/b6-5-,10-7+. The Bertz CT molecular complexity index is 531. The van der Waals surface area contributed by atoms with Gasteiger partial charge in [-0.05, 0) is 6.08 Å². The van der Waals surface area contributed by atoms with Crippen LogP contribution in [0.5, 0.6) is 0 Å². The summed E-state index contributed by atoms with van der Waals surface area (Å²) in [5.41, 5.74) is 7.18. The van der Waals surface area contributed by atoms with Crippen molar-refractivity contribution in [1.82, 2.24) is 14.9 Å². The minimum atomic E-state index is -0.192. The van der Waals surface area contributed by atoms with Gasteiger partial charge in [0.15, 0.2) is 0 Å². The summed E-state index contributed by atoms with van der Waals surface area (Å²) in [5, 5.41) is 3.00. The number of allylic oxidation sites excluding steroid dienone is 3. The van der Waals surface area contributed by atoms with E-state index in [0.717, 1.165) is 0 Å². The lowest BCUT2D eigenvalue weighted by molar-refractivity contribution is 0.841. The summed E-state index contributed by atoms with van der Waals surface area (Å²) in [7, 11) is 1.66. The van der Waals surface area contributed by atoms with Crippen LogP contribution in [0.25, 0.3) is 5.70 Å². The van der Waals surface area contributed by atoms with Gasteiger partial charge in [-0.25, -0.2) is 4.79 Å². The fraction of sp³-hybridized carbons (Fsp3) is 0.0833. The topological polar surface area (TPSA) is 75.8 Å². The van der Waals surface area contributed by atoms with E-state index in [1.807, 2.05) is 0 Å². The van der Waals surface area contributed by atoms with E-state index in [-0.39, 0.29) is 5.69 Å². The number of aromatic amines is 1. The Morgan fingerprint density at radius 2 is 2.35 bits per heavy atom. The highest BCUT2D eigenvalue weighted by Crippen LogP contribution is 2.07. The SMILES string of the molecule is C=C/C=C\C(=C/N)NC(=C)c1c[nH]c(=O)n1C. The van der Waals surface area contributed by atoms with Gasteiger partial charge in [0.2, 0.25) is 0 Å². The molecule has 0 bridgehead atoms. The Morgan fingerprint density at radius 3 is 2.82 bits per heavy atom. The lowest BCUT2D eigenvalue weighted by Gasteiger charge is -2.09. The second kappa shape index (κ2) is 5.60. The Balaban J connectivity index is 2.86. The van der Waals surface area contributed by atoms with E-state index in [4.69, 9.17) is 5.73 Å². The maximum atomic E-state index is 11.2. The van der Waals surface area contributed by atoms with Crippen LogP contribution in [0.15, 0.2) is 54.3 Å². The van der Waals surface area contributed by atoms with Crippen LogP contribution < -0.4 is 16.7 Å². The third-order valence-electron chi connectivity index (χ3n) is 2.19. The molecular formula is C12H16N4O. The predicted octanol–water partition coefficient (Wildman–Crippen LogP) is 0.816. The number of hydrogen-bond acceptors (Lipinski definition) is 3. The van der Waals surface area contributed by atoms with Crippen LogP contribution >= 0.6 is 0 Å². The number of imidazole rings is 1. The zero-order valence-corrected chi connectivity index (χ0v) is 9.73. The highest BCUT2D eigenvalue weighted by atomic mass is 16.1. The van der Waals surface area contributed by atoms with E-state index in [1.54, 1.807) is 31.5 Å². The number of nitrogens with zero attached hydrogens (tertiary/aromatic N) is 1. The molecule has 90 valence electrons. The molecule has 0 atom stereocenters. The van der Waals surface area contributed by atoms with Crippen molar-refractivity contribution in [2.24, 2.45) is 12.8 Å². The molecule has 0 aliphatic carbocycles. The van der Waals surface area contributed by atoms with E-state index < -0.39 is 0 Å². The Kier molecular flexibility index (Phi) is 4.16. The molecule has 4 N–H and O–H groups in total. The molecule has 0 radical (unpaired) electrons. The molecule has 0 fully saturated rings. The van der Waals surface area contributed by atoms with Crippen molar-refractivity contribution in [2.75, 3.05) is 0 Å². The molecule has 0 saturated carbocycles. The van der Waals surface area contributed by atoms with Gasteiger partial charge in [-0.3, -0.25) is 4.57 Å². The number of aromatic nitrogens is 2. The zero-order chi connectivity index (χ0) is 12.8. The number of nitrogens with one attached hydrogen (secondary N) is 2. The molecule has 0 spiro atoms. The van der Waals surface area contributed by atoms with Crippen molar-refractivity contribution >= 4 is 5.70 Å². The molecule has 0 aromatic carbocycles. The van der Waals surface area contributed by atoms with Gasteiger partial charge < -0.3 is 16.0 Å². The molecule has 0 unspecified atom stereocenters. The first-order valence-electron chi connectivity index (χ1n) is 5.02. The summed E-state index contributed by atoms with van der Waals surface area (Å²) in [6, 6.07) is 0. The summed E-state index contributed by atoms with van der Waals surface area (Å²) in [6.07, 6.45) is 8.14. The largest absolute Gasteiger partial charge is 0.403 e. The molecule has 1 heterocycles. The van der Waals surface area contributed by atoms with E-state index >= 15 is 0 Å². The molecule has 1 rings (SSSR count). The van der Waals surface area contributed by atoms with Crippen molar-refractivity contribution in [3.63, 3.8) is 0 Å². The molecule has 0 aliphatic rings. The summed E-state index contributed by atoms with van der Waals surface area (Å²) < 4.78 is 1.46. The molecule has 5 heteroatoms. The van der Waals surface area contributed by atoms with Crippen LogP contribution in [0, 0.1) is 0 Å². The first kappa shape index (κ1) is 12.6. The van der Waals surface area contributed by atoms with E-state index in [2.05, 4.69) is 23.5 Å². The van der Waals surface area contributed by atoms with E-state index in [1.165, 1.54) is 10.8 Å². The minimum absolute atomic E-state index is 0.192. The second-order valence-electron chi connectivity index (χ2n) is 3.36. The average molecular weight is 232 g/mol. The molecule has 17 heavy (non-hydrogen) atoms. The third kappa shape index (κ3) is 3.01. The lowest BCUT2D eigenvalue weighted by Crippen LogP contribution is -2.18. The van der Waals surface area contributed by atoms with E-state index in [0.29, 0.717) is 17.1 Å². The van der Waals surface area contributed by atoms with Crippen LogP contribution in [-0.4, -0.2) is 9.55 Å². The Labute approximate surface area is 99.6 Å². The zero-order valence-electron chi connectivity index (χ0n) is 9.73. The van der Waals surface area contributed by atoms with Crippen molar-refractivity contribution in [1.29, 1.82) is 0 Å². The van der Waals surface area contributed by atoms with Gasteiger partial charge in [-0.2, -0.15) is 0 Å². The fourth-order valence-corrected chi connectivity index (χ4v) is 1.27. The maximum absolute atomic E-state index is 11.2. The first-order valence-corrected chi connectivity index (χ1v) is 5.02. The first-order chi connectivity index (χ1) is 8.10. The van der Waals surface area contributed by atoms with Crippen molar-refractivity contribution < 1.29 is 0 Å². The highest BCUT2D eigenvalue weighted by Gasteiger charge is 2.06. The van der Waals surface area contributed by atoms with Crippen molar-refractivity contribution in [2.45, 2.75) is 0 Å². The second-order valence-corrected chi connectivity index (χ2v) is 3.36. The number of nitrogens with two attached hydrogens (primary N) is 1. The molecule has 1 aromatic heterocycles. The minimum Gasteiger partial charge on any atom is -0.403 e. The quantitative estimate of drug-likeness (QED) is 0.658. The molecule has 0 saturated heterocycles. The van der Waals surface area contributed by atoms with Crippen LogP contribution in [0.1, 0.15) is 5.69 Å². The van der Waals surface area contributed by atoms with Gasteiger partial charge in [0, 0.05) is 19.4 Å². The summed E-state index contributed by atoms with van der Waals surface area (Å²) in [4.78, 5) is 13.8. The Morgan fingerprint density at radius 1 is 1.65 bits per heavy atom. The van der Waals surface area contributed by atoms with Crippen LogP contribution in [0.3, 0.4) is 0 Å². The monoisotopic (exact) mass is 232 g/mol. The summed E-state index contributed by atoms with van der Waals surface area (Å²) in [5.74, 6) is 0. The lowest BCUT2D eigenvalue weighted by atomic mass is 10.3. The molecule has 5 nitrogen and oxygen atoms in total. The Hall–Kier alpha value is -2.43. The highest BCUT2D eigenvalue weighted by molar-refractivity contribution is 5.60. The van der Waals surface area contributed by atoms with Gasteiger partial charge in [0.05, 0.1) is 17.1 Å². The smallest absolute Gasteiger partial charge is 0.325 e. The molecule has 0 amide bonds. The molecule has 0 aliphatic heterocycles. The van der Waals surface area contributed by atoms with Crippen LogP contribution in [0.2, 0.25) is 0 Å². The van der Waals surface area contributed by atoms with Gasteiger partial charge in [-0.15, -0.1) is 0 Å². The van der Waals surface area contributed by atoms with Crippen LogP contribution in [-0.2, 0) is 7.05 Å². The van der Waals surface area contributed by atoms with E-state index in [9.17, 15) is 4.79 Å². The van der Waals surface area contributed by atoms with Crippen molar-refractivity contribution in [3.8, 4) is 0 Å². The van der Waals surface area contributed by atoms with Gasteiger partial charge in [-0.1, -0.05) is 25.3 Å². The molecular weight excluding hydrogens is 216 g/mol.